The topological polar surface area (TPSA) is 83.6 Å². The first-order valence-electron chi connectivity index (χ1n) is 3.59. The number of aromatic nitrogens is 1. The Hall–Kier alpha value is -1.56. The first kappa shape index (κ1) is 9.01. The molecule has 6 heteroatoms. The predicted octanol–water partition coefficient (Wildman–Crippen LogP) is 1.99. The van der Waals surface area contributed by atoms with Gasteiger partial charge in [-0.15, -0.1) is 0 Å². The van der Waals surface area contributed by atoms with Gasteiger partial charge in [0.25, 0.3) is 5.76 Å². The van der Waals surface area contributed by atoms with Gasteiger partial charge in [-0.1, -0.05) is 0 Å². The van der Waals surface area contributed by atoms with Gasteiger partial charge in [-0.05, 0) is 15.9 Å². The van der Waals surface area contributed by atoms with Gasteiger partial charge in [0.15, 0.2) is 11.3 Å². The van der Waals surface area contributed by atoms with Crippen molar-refractivity contribution in [1.82, 2.24) is 4.98 Å². The van der Waals surface area contributed by atoms with Gasteiger partial charge in [0.1, 0.15) is 0 Å². The van der Waals surface area contributed by atoms with Gasteiger partial charge in [-0.3, -0.25) is 4.98 Å². The maximum absolute atomic E-state index is 10.6. The molecule has 2 heterocycles. The molecule has 0 aliphatic heterocycles. The molecule has 0 fully saturated rings. The Kier molecular flexibility index (Phi) is 1.92. The van der Waals surface area contributed by atoms with Gasteiger partial charge in [0.2, 0.25) is 0 Å². The van der Waals surface area contributed by atoms with E-state index in [1.165, 1.54) is 12.4 Å². The average molecular weight is 258 g/mol. The lowest BCUT2D eigenvalue weighted by Crippen LogP contribution is -1.92. The zero-order chi connectivity index (χ0) is 10.3. The number of halogens is 1. The Labute approximate surface area is 86.1 Å². The molecule has 2 aromatic heterocycles. The molecule has 2 aromatic rings. The number of nitrogens with zero attached hydrogens (tertiary/aromatic N) is 1. The summed E-state index contributed by atoms with van der Waals surface area (Å²) in [5, 5.41) is 18.4. The van der Waals surface area contributed by atoms with E-state index in [0.29, 0.717) is 4.47 Å². The lowest BCUT2D eigenvalue weighted by molar-refractivity contribution is 0.0660. The normalized spacial score (nSPS) is 10.6. The van der Waals surface area contributed by atoms with Crippen LogP contribution in [0.4, 0.5) is 0 Å². The minimum atomic E-state index is -1.31. The molecule has 0 unspecified atom stereocenters. The SMILES string of the molecule is O=C(O)c1oc2c(Br)cncc2c1O. The van der Waals surface area contributed by atoms with E-state index in [0.717, 1.165) is 0 Å². The maximum atomic E-state index is 10.6. The molecular weight excluding hydrogens is 254 g/mol. The fourth-order valence-electron chi connectivity index (χ4n) is 1.11. The van der Waals surface area contributed by atoms with Crippen LogP contribution in [-0.2, 0) is 0 Å². The summed E-state index contributed by atoms with van der Waals surface area (Å²) in [5.74, 6) is -2.19. The highest BCUT2D eigenvalue weighted by atomic mass is 79.9. The average Bonchev–Trinajstić information content (AvgIpc) is 2.46. The van der Waals surface area contributed by atoms with E-state index in [1.54, 1.807) is 0 Å². The van der Waals surface area contributed by atoms with E-state index in [4.69, 9.17) is 9.52 Å². The molecule has 14 heavy (non-hydrogen) atoms. The number of carboxylic acid groups (broad SMARTS) is 1. The van der Waals surface area contributed by atoms with E-state index in [2.05, 4.69) is 20.9 Å². The van der Waals surface area contributed by atoms with E-state index in [1.807, 2.05) is 0 Å². The van der Waals surface area contributed by atoms with E-state index >= 15 is 0 Å². The summed E-state index contributed by atoms with van der Waals surface area (Å²) in [5.41, 5.74) is 0.273. The number of aromatic hydroxyl groups is 1. The van der Waals surface area contributed by atoms with Crippen LogP contribution in [0.15, 0.2) is 21.3 Å². The van der Waals surface area contributed by atoms with Crippen LogP contribution < -0.4 is 0 Å². The van der Waals surface area contributed by atoms with Gasteiger partial charge in [-0.2, -0.15) is 0 Å². The zero-order valence-corrected chi connectivity index (χ0v) is 8.28. The van der Waals surface area contributed by atoms with Crippen LogP contribution in [0.25, 0.3) is 11.0 Å². The molecule has 0 atom stereocenters. The largest absolute Gasteiger partial charge is 0.504 e. The van der Waals surface area contributed by atoms with Crippen molar-refractivity contribution in [2.45, 2.75) is 0 Å². The Bertz CT molecular complexity index is 519. The third kappa shape index (κ3) is 1.15. The second kappa shape index (κ2) is 2.98. The molecule has 72 valence electrons. The number of fused-ring (bicyclic) bond motifs is 1. The Balaban J connectivity index is 2.86. The number of hydrogen-bond donors (Lipinski definition) is 2. The van der Waals surface area contributed by atoms with Crippen LogP contribution >= 0.6 is 15.9 Å². The summed E-state index contributed by atoms with van der Waals surface area (Å²) < 4.78 is 5.45. The summed E-state index contributed by atoms with van der Waals surface area (Å²) in [6, 6.07) is 0. The van der Waals surface area contributed by atoms with Crippen LogP contribution in [0.1, 0.15) is 10.6 Å². The molecule has 2 rings (SSSR count). The summed E-state index contributed by atoms with van der Waals surface area (Å²) >= 11 is 3.13. The molecule has 0 saturated heterocycles. The number of pyridine rings is 1. The quantitative estimate of drug-likeness (QED) is 0.817. The maximum Gasteiger partial charge on any atom is 0.375 e. The van der Waals surface area contributed by atoms with Crippen LogP contribution in [-0.4, -0.2) is 21.2 Å². The summed E-state index contributed by atoms with van der Waals surface area (Å²) in [6.07, 6.45) is 2.79. The van der Waals surface area contributed by atoms with E-state index in [9.17, 15) is 9.90 Å². The molecule has 0 radical (unpaired) electrons. The molecule has 0 aliphatic rings. The van der Waals surface area contributed by atoms with Crippen LogP contribution in [0, 0.1) is 0 Å². The standard InChI is InChI=1S/C8H4BrNO4/c9-4-2-10-1-3-5(11)7(8(12)13)14-6(3)4/h1-2,11H,(H,12,13). The van der Waals surface area contributed by atoms with Crippen molar-refractivity contribution in [3.8, 4) is 5.75 Å². The van der Waals surface area contributed by atoms with Gasteiger partial charge in [0.05, 0.1) is 9.86 Å². The second-order valence-electron chi connectivity index (χ2n) is 2.58. The number of aromatic carboxylic acids is 1. The zero-order valence-electron chi connectivity index (χ0n) is 6.69. The smallest absolute Gasteiger partial charge is 0.375 e. The highest BCUT2D eigenvalue weighted by Crippen LogP contribution is 2.34. The fraction of sp³-hybridized carbons (Fsp3) is 0. The Morgan fingerprint density at radius 2 is 2.21 bits per heavy atom. The van der Waals surface area contributed by atoms with Crippen molar-refractivity contribution in [2.24, 2.45) is 0 Å². The molecular formula is C8H4BrNO4. The third-order valence-electron chi connectivity index (χ3n) is 1.72. The first-order chi connectivity index (χ1) is 6.61. The third-order valence-corrected chi connectivity index (χ3v) is 2.29. The fourth-order valence-corrected chi connectivity index (χ4v) is 1.53. The number of furan rings is 1. The van der Waals surface area contributed by atoms with Crippen molar-refractivity contribution >= 4 is 32.9 Å². The molecule has 2 N–H and O–H groups in total. The molecule has 0 aromatic carbocycles. The van der Waals surface area contributed by atoms with E-state index < -0.39 is 17.5 Å². The van der Waals surface area contributed by atoms with Crippen molar-refractivity contribution in [2.75, 3.05) is 0 Å². The molecule has 0 spiro atoms. The number of carboxylic acids is 1. The molecule has 0 bridgehead atoms. The lowest BCUT2D eigenvalue weighted by Gasteiger charge is -1.88. The highest BCUT2D eigenvalue weighted by molar-refractivity contribution is 9.10. The minimum absolute atomic E-state index is 0.273. The first-order valence-corrected chi connectivity index (χ1v) is 4.39. The predicted molar refractivity (Wildman–Crippen MR) is 50.3 cm³/mol. The van der Waals surface area contributed by atoms with Crippen molar-refractivity contribution in [1.29, 1.82) is 0 Å². The molecule has 0 saturated carbocycles. The molecule has 0 amide bonds. The highest BCUT2D eigenvalue weighted by Gasteiger charge is 2.20. The van der Waals surface area contributed by atoms with Gasteiger partial charge < -0.3 is 14.6 Å². The Morgan fingerprint density at radius 3 is 2.79 bits per heavy atom. The summed E-state index contributed by atoms with van der Waals surface area (Å²) in [4.78, 5) is 14.4. The summed E-state index contributed by atoms with van der Waals surface area (Å²) in [6.45, 7) is 0. The van der Waals surface area contributed by atoms with Crippen molar-refractivity contribution in [3.05, 3.63) is 22.6 Å². The number of rotatable bonds is 1. The number of hydrogen-bond acceptors (Lipinski definition) is 4. The minimum Gasteiger partial charge on any atom is -0.504 e. The monoisotopic (exact) mass is 257 g/mol. The summed E-state index contributed by atoms with van der Waals surface area (Å²) in [7, 11) is 0. The van der Waals surface area contributed by atoms with Gasteiger partial charge in [-0.25, -0.2) is 4.79 Å². The molecule has 0 aliphatic carbocycles. The van der Waals surface area contributed by atoms with Crippen molar-refractivity contribution < 1.29 is 19.4 Å². The van der Waals surface area contributed by atoms with Crippen LogP contribution in [0.2, 0.25) is 0 Å². The van der Waals surface area contributed by atoms with E-state index in [-0.39, 0.29) is 11.0 Å². The molecule has 5 nitrogen and oxygen atoms in total. The Morgan fingerprint density at radius 1 is 1.50 bits per heavy atom. The van der Waals surface area contributed by atoms with Gasteiger partial charge >= 0.3 is 5.97 Å². The van der Waals surface area contributed by atoms with Crippen LogP contribution in [0.3, 0.4) is 0 Å². The number of carbonyl (C=O) groups is 1. The van der Waals surface area contributed by atoms with Crippen molar-refractivity contribution in [3.63, 3.8) is 0 Å². The van der Waals surface area contributed by atoms with Crippen LogP contribution in [0.5, 0.6) is 5.75 Å². The second-order valence-corrected chi connectivity index (χ2v) is 3.44. The lowest BCUT2D eigenvalue weighted by atomic mass is 10.3. The van der Waals surface area contributed by atoms with Gasteiger partial charge in [0, 0.05) is 12.4 Å².